The Morgan fingerprint density at radius 3 is 1.08 bits per heavy atom. The lowest BCUT2D eigenvalue weighted by atomic mass is 9.96. The lowest BCUT2D eigenvalue weighted by Crippen LogP contribution is -2.66. The highest BCUT2D eigenvalue weighted by molar-refractivity contribution is 5.76. The Morgan fingerprint density at radius 1 is 0.356 bits per heavy atom. The molecule has 0 aromatic heterocycles. The third kappa shape index (κ3) is 43.4. The van der Waals surface area contributed by atoms with Gasteiger partial charge >= 0.3 is 0 Å². The average molecular weight is 1470 g/mol. The number of hydrogen-bond acceptors (Lipinski definition) is 18. The summed E-state index contributed by atoms with van der Waals surface area (Å²) in [6, 6.07) is -1.02. The highest BCUT2D eigenvalue weighted by Gasteiger charge is 2.54. The van der Waals surface area contributed by atoms with E-state index in [0.29, 0.717) is 12.8 Å². The number of amides is 1. The molecule has 0 aromatic rings. The number of allylic oxidation sites excluding steroid dienone is 19. The van der Waals surface area contributed by atoms with Crippen molar-refractivity contribution in [3.8, 4) is 0 Å². The first kappa shape index (κ1) is 94.4. The summed E-state index contributed by atoms with van der Waals surface area (Å²) in [7, 11) is 0. The quantitative estimate of drug-likeness (QED) is 0.0199. The molecule has 17 atom stereocenters. The number of carbonyl (C=O) groups excluding carboxylic acids is 1. The molecule has 17 unspecified atom stereocenters. The zero-order valence-electron chi connectivity index (χ0n) is 64.0. The highest BCUT2D eigenvalue weighted by atomic mass is 16.8. The van der Waals surface area contributed by atoms with Crippen LogP contribution in [0.4, 0.5) is 0 Å². The van der Waals surface area contributed by atoms with Crippen molar-refractivity contribution < 1.29 is 89.4 Å². The minimum absolute atomic E-state index is 0.198. The maximum atomic E-state index is 13.5. The molecule has 0 aliphatic carbocycles. The van der Waals surface area contributed by atoms with Crippen LogP contribution in [-0.2, 0) is 33.2 Å². The van der Waals surface area contributed by atoms with E-state index < -0.39 is 124 Å². The highest BCUT2D eigenvalue weighted by Crippen LogP contribution is 2.33. The number of carbonyl (C=O) groups is 1. The maximum Gasteiger partial charge on any atom is 0.220 e. The monoisotopic (exact) mass is 1470 g/mol. The maximum absolute atomic E-state index is 13.5. The second kappa shape index (κ2) is 64.1. The second-order valence-electron chi connectivity index (χ2n) is 28.5. The Kier molecular flexibility index (Phi) is 58.1. The minimum atomic E-state index is -1.99. The average Bonchev–Trinajstić information content (AvgIpc) is 0.781. The van der Waals surface area contributed by atoms with Crippen molar-refractivity contribution in [2.24, 2.45) is 0 Å². The predicted octanol–water partition coefficient (Wildman–Crippen LogP) is 13.9. The molecule has 0 spiro atoms. The summed E-state index contributed by atoms with van der Waals surface area (Å²) in [6.45, 7) is 1.60. The van der Waals surface area contributed by atoms with Crippen molar-refractivity contribution in [3.63, 3.8) is 0 Å². The zero-order chi connectivity index (χ0) is 75.3. The molecule has 3 fully saturated rings. The summed E-state index contributed by atoms with van der Waals surface area (Å²) in [4.78, 5) is 13.5. The van der Waals surface area contributed by atoms with Gasteiger partial charge in [0.05, 0.1) is 38.6 Å². The van der Waals surface area contributed by atoms with E-state index in [9.17, 15) is 61.0 Å². The normalized spacial score (nSPS) is 26.6. The first-order valence-corrected chi connectivity index (χ1v) is 40.8. The first-order chi connectivity index (χ1) is 50.8. The van der Waals surface area contributed by atoms with E-state index in [2.05, 4.69) is 129 Å². The fraction of sp³-hybridized carbons (Fsp3) is 0.753. The molecule has 104 heavy (non-hydrogen) atoms. The van der Waals surface area contributed by atoms with E-state index >= 15 is 0 Å². The number of aliphatic hydroxyl groups excluding tert-OH is 11. The molecule has 12 N–H and O–H groups in total. The van der Waals surface area contributed by atoms with Crippen LogP contribution in [-0.4, -0.2) is 193 Å². The van der Waals surface area contributed by atoms with Crippen LogP contribution in [0.15, 0.2) is 122 Å². The summed E-state index contributed by atoms with van der Waals surface area (Å²) in [5, 5.41) is 121. The van der Waals surface area contributed by atoms with Gasteiger partial charge in [0.15, 0.2) is 18.9 Å². The Labute approximate surface area is 627 Å². The molecule has 3 rings (SSSR count). The van der Waals surface area contributed by atoms with Crippen LogP contribution in [0, 0.1) is 0 Å². The molecule has 19 heteroatoms. The van der Waals surface area contributed by atoms with Crippen molar-refractivity contribution in [1.82, 2.24) is 5.32 Å². The Hall–Kier alpha value is -3.81. The van der Waals surface area contributed by atoms with Gasteiger partial charge in [-0.05, 0) is 96.3 Å². The summed E-state index contributed by atoms with van der Waals surface area (Å²) < 4.78 is 34.4. The molecule has 0 saturated carbocycles. The fourth-order valence-electron chi connectivity index (χ4n) is 13.0. The van der Waals surface area contributed by atoms with E-state index in [-0.39, 0.29) is 18.9 Å². The number of hydrogen-bond donors (Lipinski definition) is 12. The molecule has 3 aliphatic rings. The van der Waals surface area contributed by atoms with E-state index in [4.69, 9.17) is 28.4 Å². The van der Waals surface area contributed by atoms with E-state index in [0.717, 1.165) is 96.3 Å². The van der Waals surface area contributed by atoms with Gasteiger partial charge in [0.25, 0.3) is 0 Å². The van der Waals surface area contributed by atoms with Gasteiger partial charge in [0.2, 0.25) is 5.91 Å². The van der Waals surface area contributed by atoms with Crippen LogP contribution in [0.1, 0.15) is 277 Å². The first-order valence-electron chi connectivity index (χ1n) is 40.8. The Balaban J connectivity index is 1.41. The number of aliphatic hydroxyl groups is 11. The molecule has 0 radical (unpaired) electrons. The van der Waals surface area contributed by atoms with Crippen LogP contribution in [0.3, 0.4) is 0 Å². The molecule has 598 valence electrons. The van der Waals surface area contributed by atoms with E-state index in [1.165, 1.54) is 148 Å². The topological polar surface area (TPSA) is 307 Å². The number of ether oxygens (including phenoxy) is 6. The van der Waals surface area contributed by atoms with Crippen LogP contribution in [0.2, 0.25) is 0 Å². The van der Waals surface area contributed by atoms with Gasteiger partial charge in [-0.1, -0.05) is 296 Å². The molecule has 0 bridgehead atoms. The third-order valence-electron chi connectivity index (χ3n) is 19.5. The van der Waals surface area contributed by atoms with Crippen LogP contribution < -0.4 is 5.32 Å². The molecule has 0 aromatic carbocycles. The van der Waals surface area contributed by atoms with Crippen LogP contribution in [0.25, 0.3) is 0 Å². The fourth-order valence-corrected chi connectivity index (χ4v) is 13.0. The number of unbranched alkanes of at least 4 members (excludes halogenated alkanes) is 29. The molecule has 1 amide bonds. The van der Waals surface area contributed by atoms with Gasteiger partial charge in [-0.15, -0.1) is 0 Å². The largest absolute Gasteiger partial charge is 0.394 e. The second-order valence-corrected chi connectivity index (χ2v) is 28.5. The smallest absolute Gasteiger partial charge is 0.220 e. The Morgan fingerprint density at radius 2 is 0.673 bits per heavy atom. The standard InChI is InChI=1S/C85H145NO18/c1-3-5-7-9-11-13-15-17-19-21-23-25-27-29-31-33-35-36-38-40-42-44-46-48-50-52-54-56-58-60-62-69(90)68(86-73(91)63-61-59-57-55-53-51-49-47-45-43-41-39-37-34-32-30-28-26-24-22-20-18-16-14-12-10-8-6-4-2)67-99-83-79(97)76(94)81(71(65-88)101-83)104-85-80(98)77(95)82(72(66-89)102-85)103-84-78(96)75(93)74(92)70(64-87)100-84/h6,8,12,14,18,20,24,26,30,32,37,39,43,45,49,51-52,54,60,62,68-72,74-85,87-90,92-98H,3-5,7,9-11,13,15-17,19,21-23,25,27-29,31,33-36,38,40-42,44,46-48,50,53,55-59,61,63-67H2,1-2H3,(H,86,91)/b8-6-,14-12-,20-18-,26-24-,32-30-,39-37-,45-43-,51-49-,54-52+,62-60+. The van der Waals surface area contributed by atoms with Crippen molar-refractivity contribution in [1.29, 1.82) is 0 Å². The molecule has 3 aliphatic heterocycles. The zero-order valence-corrected chi connectivity index (χ0v) is 64.0. The minimum Gasteiger partial charge on any atom is -0.394 e. The summed E-state index contributed by atoms with van der Waals surface area (Å²) in [5.74, 6) is -0.312. The van der Waals surface area contributed by atoms with Crippen molar-refractivity contribution in [2.75, 3.05) is 26.4 Å². The SMILES string of the molecule is CC/C=C\C/C=C\C/C=C\C/C=C\C/C=C\C/C=C\C/C=C\C/C=C\CCCCCCC(=O)NC(COC1OC(CO)C(OC2OC(CO)C(OC3OC(CO)C(O)C(O)C3O)C(O)C2O)C(O)C1O)C(O)/C=C/CC/C=C/CCCCCCCCCCCCCCCCCCCCCCCCCC. The summed E-state index contributed by atoms with van der Waals surface area (Å²) >= 11 is 0. The van der Waals surface area contributed by atoms with Crippen LogP contribution in [0.5, 0.6) is 0 Å². The molecule has 3 saturated heterocycles. The Bertz CT molecular complexity index is 2350. The number of nitrogens with one attached hydrogen (secondary N) is 1. The van der Waals surface area contributed by atoms with Crippen molar-refractivity contribution in [3.05, 3.63) is 122 Å². The molecular weight excluding hydrogens is 1320 g/mol. The lowest BCUT2D eigenvalue weighted by Gasteiger charge is -2.48. The molecule has 3 heterocycles. The number of rotatable bonds is 63. The summed E-state index contributed by atoms with van der Waals surface area (Å²) in [6.07, 6.45) is 63.3. The third-order valence-corrected chi connectivity index (χ3v) is 19.5. The lowest BCUT2D eigenvalue weighted by molar-refractivity contribution is -0.379. The van der Waals surface area contributed by atoms with Gasteiger partial charge in [-0.25, -0.2) is 0 Å². The van der Waals surface area contributed by atoms with Gasteiger partial charge < -0.3 is 89.9 Å². The van der Waals surface area contributed by atoms with Gasteiger partial charge in [0.1, 0.15) is 73.2 Å². The van der Waals surface area contributed by atoms with Gasteiger partial charge in [-0.2, -0.15) is 0 Å². The van der Waals surface area contributed by atoms with E-state index in [1.807, 2.05) is 6.08 Å². The van der Waals surface area contributed by atoms with E-state index in [1.54, 1.807) is 6.08 Å². The molecular formula is C85H145NO18. The van der Waals surface area contributed by atoms with Gasteiger partial charge in [-0.3, -0.25) is 4.79 Å². The predicted molar refractivity (Wildman–Crippen MR) is 415 cm³/mol. The van der Waals surface area contributed by atoms with Crippen LogP contribution >= 0.6 is 0 Å². The van der Waals surface area contributed by atoms with Gasteiger partial charge in [0, 0.05) is 6.42 Å². The summed E-state index contributed by atoms with van der Waals surface area (Å²) in [5.41, 5.74) is 0. The van der Waals surface area contributed by atoms with Crippen molar-refractivity contribution >= 4 is 5.91 Å². The van der Waals surface area contributed by atoms with Crippen molar-refractivity contribution in [2.45, 2.75) is 381 Å². The molecule has 19 nitrogen and oxygen atoms in total.